The number of carbonyl (C=O) groups excluding carboxylic acids is 1. The van der Waals surface area contributed by atoms with Gasteiger partial charge in [-0.05, 0) is 30.2 Å². The quantitative estimate of drug-likeness (QED) is 0.760. The molecule has 0 heterocycles. The molecule has 0 bridgehead atoms. The van der Waals surface area contributed by atoms with Crippen LogP contribution in [0, 0.1) is 5.82 Å². The van der Waals surface area contributed by atoms with Crippen LogP contribution in [0.4, 0.5) is 17.6 Å². The number of hydrogen-bond acceptors (Lipinski definition) is 2. The second-order valence-corrected chi connectivity index (χ2v) is 5.51. The molecule has 2 aromatic carbocycles. The highest BCUT2D eigenvalue weighted by molar-refractivity contribution is 5.94. The van der Waals surface area contributed by atoms with Gasteiger partial charge >= 0.3 is 6.18 Å². The zero-order valence-corrected chi connectivity index (χ0v) is 14.6. The van der Waals surface area contributed by atoms with Gasteiger partial charge in [-0.3, -0.25) is 4.79 Å². The maximum Gasteiger partial charge on any atom is 0.416 e. The first-order valence-electron chi connectivity index (χ1n) is 7.73. The van der Waals surface area contributed by atoms with Crippen LogP contribution in [0.25, 0.3) is 0 Å². The molecule has 0 radical (unpaired) electrons. The molecule has 1 amide bonds. The van der Waals surface area contributed by atoms with Crippen molar-refractivity contribution in [3.05, 3.63) is 71.0 Å². The molecular weight excluding hydrogens is 372 g/mol. The van der Waals surface area contributed by atoms with Gasteiger partial charge in [-0.25, -0.2) is 4.39 Å². The molecule has 0 unspecified atom stereocenters. The van der Waals surface area contributed by atoms with E-state index in [0.717, 1.165) is 5.56 Å². The third-order valence-electron chi connectivity index (χ3n) is 3.72. The van der Waals surface area contributed by atoms with E-state index in [1.165, 1.54) is 4.90 Å². The van der Waals surface area contributed by atoms with Gasteiger partial charge in [-0.2, -0.15) is 13.2 Å². The SMILES string of the molecule is Cl.NCCN(CCc1ccccc1)C(=O)c1cc(C(F)(F)F)ccc1F. The Hall–Kier alpha value is -2.12. The predicted octanol–water partition coefficient (Wildman–Crippen LogP) is 3.91. The lowest BCUT2D eigenvalue weighted by Gasteiger charge is -2.23. The largest absolute Gasteiger partial charge is 0.416 e. The van der Waals surface area contributed by atoms with Crippen LogP contribution < -0.4 is 5.73 Å². The number of hydrogen-bond donors (Lipinski definition) is 1. The second-order valence-electron chi connectivity index (χ2n) is 5.51. The van der Waals surface area contributed by atoms with Crippen molar-refractivity contribution in [2.24, 2.45) is 5.73 Å². The Kier molecular flexibility index (Phi) is 8.05. The molecular formula is C18H19ClF4N2O. The van der Waals surface area contributed by atoms with Gasteiger partial charge in [0.25, 0.3) is 5.91 Å². The van der Waals surface area contributed by atoms with E-state index in [9.17, 15) is 22.4 Å². The van der Waals surface area contributed by atoms with E-state index in [0.29, 0.717) is 24.6 Å². The molecule has 2 aromatic rings. The maximum absolute atomic E-state index is 13.9. The first kappa shape index (κ1) is 21.9. The van der Waals surface area contributed by atoms with E-state index >= 15 is 0 Å². The highest BCUT2D eigenvalue weighted by atomic mass is 35.5. The fourth-order valence-corrected chi connectivity index (χ4v) is 2.42. The Labute approximate surface area is 155 Å². The molecule has 2 rings (SSSR count). The van der Waals surface area contributed by atoms with E-state index in [2.05, 4.69) is 0 Å². The van der Waals surface area contributed by atoms with Gasteiger partial charge in [0.15, 0.2) is 0 Å². The summed E-state index contributed by atoms with van der Waals surface area (Å²) in [4.78, 5) is 13.8. The van der Waals surface area contributed by atoms with Gasteiger partial charge in [-0.1, -0.05) is 30.3 Å². The molecule has 0 aliphatic carbocycles. The standard InChI is InChI=1S/C18H18F4N2O.ClH/c19-16-7-6-14(18(20,21)22)12-15(16)17(25)24(11-9-23)10-8-13-4-2-1-3-5-13;/h1-7,12H,8-11,23H2;1H. The van der Waals surface area contributed by atoms with Gasteiger partial charge in [0, 0.05) is 19.6 Å². The monoisotopic (exact) mass is 390 g/mol. The third kappa shape index (κ3) is 5.71. The molecule has 8 heteroatoms. The normalized spacial score (nSPS) is 11.0. The van der Waals surface area contributed by atoms with Crippen molar-refractivity contribution < 1.29 is 22.4 Å². The van der Waals surface area contributed by atoms with E-state index in [-0.39, 0.29) is 32.0 Å². The fourth-order valence-electron chi connectivity index (χ4n) is 2.42. The number of amides is 1. The van der Waals surface area contributed by atoms with Gasteiger partial charge < -0.3 is 10.6 Å². The Bertz CT molecular complexity index is 723. The molecule has 0 saturated carbocycles. The molecule has 0 fully saturated rings. The Morgan fingerprint density at radius 3 is 2.27 bits per heavy atom. The van der Waals surface area contributed by atoms with Crippen molar-refractivity contribution >= 4 is 18.3 Å². The molecule has 0 aliphatic heterocycles. The van der Waals surface area contributed by atoms with Crippen LogP contribution in [-0.2, 0) is 12.6 Å². The fraction of sp³-hybridized carbons (Fsp3) is 0.278. The summed E-state index contributed by atoms with van der Waals surface area (Å²) < 4.78 is 52.4. The summed E-state index contributed by atoms with van der Waals surface area (Å²) in [6.45, 7) is 0.484. The summed E-state index contributed by atoms with van der Waals surface area (Å²) >= 11 is 0. The number of benzene rings is 2. The molecule has 3 nitrogen and oxygen atoms in total. The molecule has 0 atom stereocenters. The highest BCUT2D eigenvalue weighted by Gasteiger charge is 2.32. The number of halogens is 5. The minimum absolute atomic E-state index is 0. The van der Waals surface area contributed by atoms with Crippen LogP contribution in [0.5, 0.6) is 0 Å². The number of nitrogens with two attached hydrogens (primary N) is 1. The number of alkyl halides is 3. The molecule has 0 aromatic heterocycles. The van der Waals surface area contributed by atoms with Crippen molar-refractivity contribution in [2.45, 2.75) is 12.6 Å². The molecule has 0 spiro atoms. The van der Waals surface area contributed by atoms with Gasteiger partial charge in [0.05, 0.1) is 11.1 Å². The lowest BCUT2D eigenvalue weighted by Crippen LogP contribution is -2.37. The zero-order chi connectivity index (χ0) is 18.4. The van der Waals surface area contributed by atoms with Crippen molar-refractivity contribution in [2.75, 3.05) is 19.6 Å². The predicted molar refractivity (Wildman–Crippen MR) is 93.8 cm³/mol. The van der Waals surface area contributed by atoms with Gasteiger partial charge in [0.2, 0.25) is 0 Å². The van der Waals surface area contributed by atoms with E-state index in [4.69, 9.17) is 5.73 Å². The second kappa shape index (κ2) is 9.54. The summed E-state index contributed by atoms with van der Waals surface area (Å²) in [5.41, 5.74) is 4.78. The molecule has 0 aliphatic rings. The first-order valence-corrected chi connectivity index (χ1v) is 7.73. The average Bonchev–Trinajstić information content (AvgIpc) is 2.58. The van der Waals surface area contributed by atoms with E-state index in [1.54, 1.807) is 0 Å². The molecule has 0 saturated heterocycles. The van der Waals surface area contributed by atoms with Crippen molar-refractivity contribution in [1.82, 2.24) is 4.90 Å². The Morgan fingerprint density at radius 1 is 1.04 bits per heavy atom. The number of nitrogens with zero attached hydrogens (tertiary/aromatic N) is 1. The summed E-state index contributed by atoms with van der Waals surface area (Å²) in [5, 5.41) is 0. The van der Waals surface area contributed by atoms with E-state index in [1.807, 2.05) is 30.3 Å². The summed E-state index contributed by atoms with van der Waals surface area (Å²) in [5.74, 6) is -1.79. The van der Waals surface area contributed by atoms with Crippen molar-refractivity contribution in [3.8, 4) is 0 Å². The van der Waals surface area contributed by atoms with Crippen LogP contribution in [0.15, 0.2) is 48.5 Å². The average molecular weight is 391 g/mol. The van der Waals surface area contributed by atoms with Crippen LogP contribution >= 0.6 is 12.4 Å². The van der Waals surface area contributed by atoms with Crippen LogP contribution in [0.3, 0.4) is 0 Å². The first-order chi connectivity index (χ1) is 11.8. The van der Waals surface area contributed by atoms with Crippen molar-refractivity contribution in [3.63, 3.8) is 0 Å². The highest BCUT2D eigenvalue weighted by Crippen LogP contribution is 2.30. The number of carbonyl (C=O) groups is 1. The molecule has 2 N–H and O–H groups in total. The van der Waals surface area contributed by atoms with Gasteiger partial charge in [-0.15, -0.1) is 12.4 Å². The van der Waals surface area contributed by atoms with Crippen LogP contribution in [-0.4, -0.2) is 30.4 Å². The van der Waals surface area contributed by atoms with Crippen LogP contribution in [0.1, 0.15) is 21.5 Å². The Balaban J connectivity index is 0.00000338. The summed E-state index contributed by atoms with van der Waals surface area (Å²) in [6, 6.07) is 11.1. The molecule has 142 valence electrons. The maximum atomic E-state index is 13.9. The summed E-state index contributed by atoms with van der Waals surface area (Å²) in [6.07, 6.45) is -4.15. The lowest BCUT2D eigenvalue weighted by atomic mass is 10.1. The Morgan fingerprint density at radius 2 is 1.69 bits per heavy atom. The zero-order valence-electron chi connectivity index (χ0n) is 13.8. The van der Waals surface area contributed by atoms with Crippen molar-refractivity contribution in [1.29, 1.82) is 0 Å². The smallest absolute Gasteiger partial charge is 0.337 e. The number of rotatable bonds is 6. The molecule has 26 heavy (non-hydrogen) atoms. The van der Waals surface area contributed by atoms with Gasteiger partial charge in [0.1, 0.15) is 5.82 Å². The topological polar surface area (TPSA) is 46.3 Å². The van der Waals surface area contributed by atoms with E-state index < -0.39 is 29.0 Å². The minimum Gasteiger partial charge on any atom is -0.337 e. The lowest BCUT2D eigenvalue weighted by molar-refractivity contribution is -0.137. The minimum atomic E-state index is -4.65. The summed E-state index contributed by atoms with van der Waals surface area (Å²) in [7, 11) is 0. The third-order valence-corrected chi connectivity index (χ3v) is 3.72. The van der Waals surface area contributed by atoms with Crippen LogP contribution in [0.2, 0.25) is 0 Å².